The first kappa shape index (κ1) is 30.2. The van der Waals surface area contributed by atoms with Crippen molar-refractivity contribution in [1.82, 2.24) is 14.9 Å². The number of esters is 2. The fourth-order valence-electron chi connectivity index (χ4n) is 3.95. The summed E-state index contributed by atoms with van der Waals surface area (Å²) in [5.74, 6) is -3.38. The molecule has 0 radical (unpaired) electrons. The quantitative estimate of drug-likeness (QED) is 0.111. The van der Waals surface area contributed by atoms with E-state index in [2.05, 4.69) is 14.8 Å². The van der Waals surface area contributed by atoms with Gasteiger partial charge in [-0.25, -0.2) is 13.2 Å². The molecule has 40 heavy (non-hydrogen) atoms. The van der Waals surface area contributed by atoms with Gasteiger partial charge >= 0.3 is 11.9 Å². The van der Waals surface area contributed by atoms with Crippen LogP contribution < -0.4 is 20.7 Å². The number of amides is 2. The van der Waals surface area contributed by atoms with Gasteiger partial charge in [0.25, 0.3) is 0 Å². The third kappa shape index (κ3) is 9.17. The number of sulfonamides is 1. The topological polar surface area (TPSA) is 192 Å². The second kappa shape index (κ2) is 13.7. The highest BCUT2D eigenvalue weighted by molar-refractivity contribution is 7.89. The molecule has 0 bridgehead atoms. The summed E-state index contributed by atoms with van der Waals surface area (Å²) in [5.41, 5.74) is 7.59. The SMILES string of the molecule is CC(=O)OC(=O)[C@H](CNC(=O)CN1CCN(c2ccc(C(=N)N)cc2)CC1=O)NS(=O)(=O)CCc1ccccc1. The first-order chi connectivity index (χ1) is 18.9. The van der Waals surface area contributed by atoms with Gasteiger partial charge in [-0.15, -0.1) is 0 Å². The molecule has 1 fully saturated rings. The Hall–Kier alpha value is -4.30. The average Bonchev–Trinajstić information content (AvgIpc) is 2.91. The van der Waals surface area contributed by atoms with Crippen LogP contribution in [0, 0.1) is 5.41 Å². The highest BCUT2D eigenvalue weighted by atomic mass is 32.2. The number of nitrogens with two attached hydrogens (primary N) is 1. The summed E-state index contributed by atoms with van der Waals surface area (Å²) in [5, 5.41) is 9.92. The molecule has 2 amide bonds. The van der Waals surface area contributed by atoms with Crippen LogP contribution in [0.4, 0.5) is 5.69 Å². The smallest absolute Gasteiger partial charge is 0.333 e. The number of hydrogen-bond donors (Lipinski definition) is 4. The number of ether oxygens (including phenoxy) is 1. The van der Waals surface area contributed by atoms with Crippen LogP contribution in [-0.4, -0.2) is 87.4 Å². The van der Waals surface area contributed by atoms with Gasteiger partial charge in [0.2, 0.25) is 21.8 Å². The van der Waals surface area contributed by atoms with Crippen LogP contribution in [0.5, 0.6) is 0 Å². The molecule has 0 aliphatic carbocycles. The van der Waals surface area contributed by atoms with Gasteiger partial charge in [0, 0.05) is 37.8 Å². The van der Waals surface area contributed by atoms with Crippen molar-refractivity contribution in [3.8, 4) is 0 Å². The second-order valence-electron chi connectivity index (χ2n) is 9.14. The molecule has 2 aromatic carbocycles. The molecule has 5 N–H and O–H groups in total. The highest BCUT2D eigenvalue weighted by Crippen LogP contribution is 2.17. The van der Waals surface area contributed by atoms with E-state index in [1.54, 1.807) is 54.6 Å². The van der Waals surface area contributed by atoms with Gasteiger partial charge < -0.3 is 25.6 Å². The lowest BCUT2D eigenvalue weighted by Gasteiger charge is -2.35. The lowest BCUT2D eigenvalue weighted by Crippen LogP contribution is -2.55. The van der Waals surface area contributed by atoms with Crippen LogP contribution in [0.25, 0.3) is 0 Å². The van der Waals surface area contributed by atoms with Gasteiger partial charge in [-0.05, 0) is 36.2 Å². The van der Waals surface area contributed by atoms with Crippen molar-refractivity contribution in [2.75, 3.05) is 43.4 Å². The number of nitrogens with one attached hydrogen (secondary N) is 3. The zero-order chi connectivity index (χ0) is 29.3. The van der Waals surface area contributed by atoms with Gasteiger partial charge in [-0.3, -0.25) is 19.8 Å². The predicted molar refractivity (Wildman–Crippen MR) is 147 cm³/mol. The molecule has 1 atom stereocenters. The molecule has 13 nitrogen and oxygen atoms in total. The van der Waals surface area contributed by atoms with E-state index in [0.29, 0.717) is 12.1 Å². The number of amidine groups is 1. The van der Waals surface area contributed by atoms with Crippen molar-refractivity contribution >= 4 is 45.3 Å². The number of hydrogen-bond acceptors (Lipinski definition) is 9. The first-order valence-corrected chi connectivity index (χ1v) is 14.1. The van der Waals surface area contributed by atoms with E-state index in [1.165, 1.54) is 4.90 Å². The Bertz CT molecular complexity index is 1350. The molecular weight excluding hydrogens is 540 g/mol. The summed E-state index contributed by atoms with van der Waals surface area (Å²) in [4.78, 5) is 52.1. The normalized spacial score (nSPS) is 14.4. The third-order valence-electron chi connectivity index (χ3n) is 6.05. The molecule has 2 aromatic rings. The number of benzene rings is 2. The molecule has 0 aromatic heterocycles. The summed E-state index contributed by atoms with van der Waals surface area (Å²) >= 11 is 0. The highest BCUT2D eigenvalue weighted by Gasteiger charge is 2.29. The van der Waals surface area contributed by atoms with Crippen molar-refractivity contribution in [3.63, 3.8) is 0 Å². The fraction of sp³-hybridized carbons (Fsp3) is 0.346. The Morgan fingerprint density at radius 2 is 1.75 bits per heavy atom. The zero-order valence-electron chi connectivity index (χ0n) is 22.0. The summed E-state index contributed by atoms with van der Waals surface area (Å²) in [6.07, 6.45) is 0.186. The van der Waals surface area contributed by atoms with Crippen molar-refractivity contribution in [2.24, 2.45) is 5.73 Å². The number of nitrogens with zero attached hydrogens (tertiary/aromatic N) is 2. The monoisotopic (exact) mass is 572 g/mol. The molecule has 14 heteroatoms. The Labute approximate surface area is 232 Å². The molecule has 1 aliphatic rings. The van der Waals surface area contributed by atoms with E-state index in [4.69, 9.17) is 11.1 Å². The van der Waals surface area contributed by atoms with E-state index < -0.39 is 40.5 Å². The standard InChI is InChI=1S/C26H32N6O7S/c1-18(33)39-26(36)22(30-40(37,38)14-11-19-5-3-2-4-6-19)15-29-23(34)16-32-13-12-31(17-24(32)35)21-9-7-20(8-10-21)25(27)28/h2-10,22,30H,11-17H2,1H3,(H3,27,28)(H,29,34)/t22-/m0/s1. The number of aryl methyl sites for hydroxylation is 1. The van der Waals surface area contributed by atoms with Crippen LogP contribution in [0.2, 0.25) is 0 Å². The fourth-order valence-corrected chi connectivity index (χ4v) is 5.19. The number of rotatable bonds is 12. The molecule has 1 saturated heterocycles. The molecular formula is C26H32N6O7S. The van der Waals surface area contributed by atoms with Crippen LogP contribution in [0.15, 0.2) is 54.6 Å². The Kier molecular flexibility index (Phi) is 10.3. The maximum atomic E-state index is 12.7. The maximum absolute atomic E-state index is 12.7. The van der Waals surface area contributed by atoms with Gasteiger partial charge in [0.1, 0.15) is 11.9 Å². The van der Waals surface area contributed by atoms with Gasteiger partial charge in [-0.2, -0.15) is 4.72 Å². The minimum atomic E-state index is -3.99. The number of carbonyl (C=O) groups excluding carboxylic acids is 4. The molecule has 3 rings (SSSR count). The Morgan fingerprint density at radius 1 is 1.07 bits per heavy atom. The number of nitrogen functional groups attached to an aromatic ring is 1. The van der Waals surface area contributed by atoms with E-state index in [9.17, 15) is 27.6 Å². The predicted octanol–water partition coefficient (Wildman–Crippen LogP) is -0.644. The van der Waals surface area contributed by atoms with E-state index in [-0.39, 0.29) is 43.6 Å². The van der Waals surface area contributed by atoms with Crippen LogP contribution in [0.3, 0.4) is 0 Å². The van der Waals surface area contributed by atoms with Crippen molar-refractivity contribution in [3.05, 3.63) is 65.7 Å². The lowest BCUT2D eigenvalue weighted by molar-refractivity contribution is -0.159. The van der Waals surface area contributed by atoms with E-state index in [0.717, 1.165) is 18.2 Å². The molecule has 0 saturated carbocycles. The van der Waals surface area contributed by atoms with Crippen LogP contribution in [-0.2, 0) is 40.4 Å². The van der Waals surface area contributed by atoms with E-state index in [1.807, 2.05) is 4.90 Å². The van der Waals surface area contributed by atoms with Crippen molar-refractivity contribution in [1.29, 1.82) is 5.41 Å². The number of piperazine rings is 1. The zero-order valence-corrected chi connectivity index (χ0v) is 22.8. The van der Waals surface area contributed by atoms with Gasteiger partial charge in [0.15, 0.2) is 0 Å². The molecule has 1 heterocycles. The van der Waals surface area contributed by atoms with Crippen molar-refractivity contribution < 1.29 is 32.3 Å². The van der Waals surface area contributed by atoms with Gasteiger partial charge in [-0.1, -0.05) is 30.3 Å². The van der Waals surface area contributed by atoms with Crippen molar-refractivity contribution in [2.45, 2.75) is 19.4 Å². The molecule has 0 spiro atoms. The summed E-state index contributed by atoms with van der Waals surface area (Å²) in [6, 6.07) is 14.2. The Balaban J connectivity index is 1.54. The molecule has 1 aliphatic heterocycles. The van der Waals surface area contributed by atoms with Crippen LogP contribution >= 0.6 is 0 Å². The summed E-state index contributed by atoms with van der Waals surface area (Å²) < 4.78 is 32.0. The second-order valence-corrected chi connectivity index (χ2v) is 11.0. The number of anilines is 1. The Morgan fingerprint density at radius 3 is 2.35 bits per heavy atom. The average molecular weight is 573 g/mol. The lowest BCUT2D eigenvalue weighted by atomic mass is 10.1. The molecule has 214 valence electrons. The van der Waals surface area contributed by atoms with E-state index >= 15 is 0 Å². The number of carbonyl (C=O) groups is 4. The van der Waals surface area contributed by atoms with Crippen LogP contribution in [0.1, 0.15) is 18.1 Å². The maximum Gasteiger partial charge on any atom is 0.333 e. The summed E-state index contributed by atoms with van der Waals surface area (Å²) in [6.45, 7) is 0.953. The third-order valence-corrected chi connectivity index (χ3v) is 7.44. The van der Waals surface area contributed by atoms with Gasteiger partial charge in [0.05, 0.1) is 18.8 Å². The largest absolute Gasteiger partial charge is 0.392 e. The summed E-state index contributed by atoms with van der Waals surface area (Å²) in [7, 11) is -3.99. The minimum absolute atomic E-state index is 0.0292. The first-order valence-electron chi connectivity index (χ1n) is 12.4. The molecule has 0 unspecified atom stereocenters. The minimum Gasteiger partial charge on any atom is -0.392 e.